The van der Waals surface area contributed by atoms with Crippen LogP contribution in [-0.2, 0) is 6.54 Å². The van der Waals surface area contributed by atoms with Gasteiger partial charge in [-0.15, -0.1) is 0 Å². The van der Waals surface area contributed by atoms with Crippen LogP contribution < -0.4 is 21.1 Å². The molecule has 4 aliphatic carbocycles. The van der Waals surface area contributed by atoms with Crippen LogP contribution in [0.2, 0.25) is 0 Å². The van der Waals surface area contributed by atoms with E-state index in [9.17, 15) is 5.26 Å². The SMILES string of the molecule is N#CCOc1ccccc1CNc1ncc(C#N)c(NCC23CC4C[C@H](C2)C(N)[C@@H](C4)C3)n1. The number of nitriles is 2. The first-order chi connectivity index (χ1) is 16.1. The summed E-state index contributed by atoms with van der Waals surface area (Å²) in [7, 11) is 0. The van der Waals surface area contributed by atoms with Crippen LogP contribution in [0.25, 0.3) is 0 Å². The van der Waals surface area contributed by atoms with Crippen molar-refractivity contribution in [1.82, 2.24) is 9.97 Å². The lowest BCUT2D eigenvalue weighted by molar-refractivity contribution is -0.0591. The Labute approximate surface area is 194 Å². The first-order valence-corrected chi connectivity index (χ1v) is 11.7. The molecular formula is C25H29N7O. The molecule has 170 valence electrons. The minimum atomic E-state index is -0.00628. The van der Waals surface area contributed by atoms with Crippen molar-refractivity contribution in [2.45, 2.75) is 44.7 Å². The molecule has 4 bridgehead atoms. The molecule has 33 heavy (non-hydrogen) atoms. The Hall–Kier alpha value is -3.36. The quantitative estimate of drug-likeness (QED) is 0.565. The molecule has 4 fully saturated rings. The van der Waals surface area contributed by atoms with Gasteiger partial charge in [0.05, 0.1) is 6.20 Å². The fourth-order valence-corrected chi connectivity index (χ4v) is 6.48. The summed E-state index contributed by atoms with van der Waals surface area (Å²) >= 11 is 0. The Bertz CT molecular complexity index is 1090. The summed E-state index contributed by atoms with van der Waals surface area (Å²) in [6.45, 7) is 1.26. The van der Waals surface area contributed by atoms with Gasteiger partial charge in [0.15, 0.2) is 6.61 Å². The average molecular weight is 444 g/mol. The van der Waals surface area contributed by atoms with E-state index < -0.39 is 0 Å². The third kappa shape index (κ3) is 4.31. The van der Waals surface area contributed by atoms with Crippen LogP contribution in [0.1, 0.15) is 43.2 Å². The van der Waals surface area contributed by atoms with Crippen LogP contribution in [0, 0.1) is 45.8 Å². The van der Waals surface area contributed by atoms with Gasteiger partial charge in [-0.25, -0.2) is 4.98 Å². The Morgan fingerprint density at radius 3 is 2.67 bits per heavy atom. The monoisotopic (exact) mass is 443 g/mol. The molecule has 5 atom stereocenters. The highest BCUT2D eigenvalue weighted by Gasteiger charge is 2.54. The Kier molecular flexibility index (Phi) is 5.78. The molecule has 4 N–H and O–H groups in total. The molecule has 6 rings (SSSR count). The number of rotatable bonds is 8. The van der Waals surface area contributed by atoms with Gasteiger partial charge in [0.25, 0.3) is 0 Å². The maximum Gasteiger partial charge on any atom is 0.224 e. The maximum atomic E-state index is 9.58. The number of ether oxygens (including phenoxy) is 1. The van der Waals surface area contributed by atoms with Crippen LogP contribution in [0.15, 0.2) is 30.5 Å². The van der Waals surface area contributed by atoms with Crippen molar-refractivity contribution in [1.29, 1.82) is 10.5 Å². The number of nitrogens with one attached hydrogen (secondary N) is 2. The van der Waals surface area contributed by atoms with E-state index in [2.05, 4.69) is 26.7 Å². The van der Waals surface area contributed by atoms with Crippen molar-refractivity contribution in [2.75, 3.05) is 23.8 Å². The lowest BCUT2D eigenvalue weighted by atomic mass is 9.48. The predicted molar refractivity (Wildman–Crippen MR) is 124 cm³/mol. The normalized spacial score (nSPS) is 29.2. The molecule has 4 saturated carbocycles. The maximum absolute atomic E-state index is 9.58. The molecule has 0 saturated heterocycles. The third-order valence-corrected chi connectivity index (χ3v) is 7.71. The van der Waals surface area contributed by atoms with E-state index in [0.29, 0.717) is 47.5 Å². The topological polar surface area (TPSA) is 133 Å². The van der Waals surface area contributed by atoms with Gasteiger partial charge in [0, 0.05) is 24.7 Å². The van der Waals surface area contributed by atoms with Gasteiger partial charge >= 0.3 is 0 Å². The van der Waals surface area contributed by atoms with Gasteiger partial charge in [-0.2, -0.15) is 15.5 Å². The molecule has 0 spiro atoms. The first-order valence-electron chi connectivity index (χ1n) is 11.7. The van der Waals surface area contributed by atoms with Crippen molar-refractivity contribution in [3.63, 3.8) is 0 Å². The zero-order valence-electron chi connectivity index (χ0n) is 18.6. The van der Waals surface area contributed by atoms with Crippen LogP contribution in [0.4, 0.5) is 11.8 Å². The van der Waals surface area contributed by atoms with Gasteiger partial charge in [0.1, 0.15) is 29.3 Å². The number of benzene rings is 1. The van der Waals surface area contributed by atoms with Crippen LogP contribution in [0.3, 0.4) is 0 Å². The summed E-state index contributed by atoms with van der Waals surface area (Å²) in [6, 6.07) is 12.1. The predicted octanol–water partition coefficient (Wildman–Crippen LogP) is 3.43. The van der Waals surface area contributed by atoms with Crippen molar-refractivity contribution >= 4 is 11.8 Å². The van der Waals surface area contributed by atoms with E-state index >= 15 is 0 Å². The molecule has 1 aromatic heterocycles. The number of para-hydroxylation sites is 1. The van der Waals surface area contributed by atoms with Crippen LogP contribution in [0.5, 0.6) is 5.75 Å². The second-order valence-electron chi connectivity index (χ2n) is 9.88. The minimum absolute atomic E-state index is 0.00628. The second kappa shape index (κ2) is 8.88. The molecule has 0 radical (unpaired) electrons. The zero-order valence-corrected chi connectivity index (χ0v) is 18.6. The van der Waals surface area contributed by atoms with Crippen LogP contribution in [-0.4, -0.2) is 29.2 Å². The van der Waals surface area contributed by atoms with Gasteiger partial charge in [-0.3, -0.25) is 0 Å². The molecule has 8 nitrogen and oxygen atoms in total. The summed E-state index contributed by atoms with van der Waals surface area (Å²) in [4.78, 5) is 8.92. The van der Waals surface area contributed by atoms with E-state index in [-0.39, 0.29) is 12.0 Å². The lowest BCUT2D eigenvalue weighted by Gasteiger charge is -2.59. The summed E-state index contributed by atoms with van der Waals surface area (Å²) in [5, 5.41) is 25.1. The van der Waals surface area contributed by atoms with Crippen molar-refractivity contribution < 1.29 is 4.74 Å². The van der Waals surface area contributed by atoms with E-state index in [4.69, 9.17) is 15.7 Å². The van der Waals surface area contributed by atoms with Crippen molar-refractivity contribution in [2.24, 2.45) is 28.9 Å². The summed E-state index contributed by atoms with van der Waals surface area (Å²) in [5.74, 6) is 3.74. The third-order valence-electron chi connectivity index (χ3n) is 7.71. The molecule has 1 aromatic carbocycles. The van der Waals surface area contributed by atoms with Gasteiger partial charge in [-0.1, -0.05) is 18.2 Å². The Morgan fingerprint density at radius 2 is 1.91 bits per heavy atom. The zero-order chi connectivity index (χ0) is 22.8. The number of anilines is 2. The molecule has 8 heteroatoms. The van der Waals surface area contributed by atoms with E-state index in [0.717, 1.165) is 18.0 Å². The summed E-state index contributed by atoms with van der Waals surface area (Å²) in [6.07, 6.45) is 7.72. The number of nitrogens with two attached hydrogens (primary N) is 1. The standard InChI is InChI=1S/C25H29N7O/c26-5-6-33-21-4-2-1-3-17(21)13-29-24-30-14-20(12-27)23(32-24)31-15-25-9-16-7-18(10-25)22(28)19(8-16)11-25/h1-4,14,16,18-19,22H,6-11,13,15,28H2,(H2,29,30,31,32)/t16?,18-,19+,22?,25?. The summed E-state index contributed by atoms with van der Waals surface area (Å²) in [5.41, 5.74) is 8.11. The van der Waals surface area contributed by atoms with Gasteiger partial charge < -0.3 is 21.1 Å². The average Bonchev–Trinajstić information content (AvgIpc) is 2.83. The lowest BCUT2D eigenvalue weighted by Crippen LogP contribution is -2.58. The molecule has 0 aliphatic heterocycles. The summed E-state index contributed by atoms with van der Waals surface area (Å²) < 4.78 is 5.49. The molecule has 3 unspecified atom stereocenters. The molecule has 1 heterocycles. The number of hydrogen-bond acceptors (Lipinski definition) is 8. The fourth-order valence-electron chi connectivity index (χ4n) is 6.48. The Morgan fingerprint density at radius 1 is 1.12 bits per heavy atom. The number of hydrogen-bond donors (Lipinski definition) is 3. The van der Waals surface area contributed by atoms with E-state index in [1.807, 2.05) is 30.3 Å². The van der Waals surface area contributed by atoms with Crippen LogP contribution >= 0.6 is 0 Å². The van der Waals surface area contributed by atoms with Gasteiger partial charge in [0.2, 0.25) is 5.95 Å². The van der Waals surface area contributed by atoms with Crippen molar-refractivity contribution in [3.8, 4) is 17.9 Å². The highest BCUT2D eigenvalue weighted by molar-refractivity contribution is 5.53. The van der Waals surface area contributed by atoms with E-state index in [1.165, 1.54) is 32.1 Å². The molecule has 4 aliphatic rings. The highest BCUT2D eigenvalue weighted by Crippen LogP contribution is 2.59. The highest BCUT2D eigenvalue weighted by atomic mass is 16.5. The molecule has 0 amide bonds. The van der Waals surface area contributed by atoms with E-state index in [1.54, 1.807) is 6.20 Å². The second-order valence-corrected chi connectivity index (χ2v) is 9.88. The molecular weight excluding hydrogens is 414 g/mol. The van der Waals surface area contributed by atoms with Crippen molar-refractivity contribution in [3.05, 3.63) is 41.6 Å². The largest absolute Gasteiger partial charge is 0.478 e. The number of aromatic nitrogens is 2. The Balaban J connectivity index is 1.27. The molecule has 2 aromatic rings. The van der Waals surface area contributed by atoms with Gasteiger partial charge in [-0.05, 0) is 61.3 Å². The fraction of sp³-hybridized carbons (Fsp3) is 0.520. The number of nitrogens with zero attached hydrogens (tertiary/aromatic N) is 4. The first kappa shape index (κ1) is 21.5. The smallest absolute Gasteiger partial charge is 0.224 e. The minimum Gasteiger partial charge on any atom is -0.478 e.